The van der Waals surface area contributed by atoms with Crippen LogP contribution in [0.2, 0.25) is 0 Å². The van der Waals surface area contributed by atoms with Crippen molar-refractivity contribution in [3.05, 3.63) is 59.9 Å². The Morgan fingerprint density at radius 3 is 2.21 bits per heavy atom. The van der Waals surface area contributed by atoms with Gasteiger partial charge in [0.1, 0.15) is 24.2 Å². The lowest BCUT2D eigenvalue weighted by Gasteiger charge is -2.33. The summed E-state index contributed by atoms with van der Waals surface area (Å²) in [5.74, 6) is -1.12. The van der Waals surface area contributed by atoms with Gasteiger partial charge in [0.2, 0.25) is 21.8 Å². The van der Waals surface area contributed by atoms with Crippen LogP contribution >= 0.6 is 0 Å². The number of hydrogen-bond acceptors (Lipinski definition) is 5. The number of para-hydroxylation sites is 1. The average molecular weight is 494 g/mol. The lowest BCUT2D eigenvalue weighted by molar-refractivity contribution is -0.140. The van der Waals surface area contributed by atoms with Gasteiger partial charge in [0.05, 0.1) is 19.1 Å². The molecule has 34 heavy (non-hydrogen) atoms. The minimum Gasteiger partial charge on any atom is -0.497 e. The largest absolute Gasteiger partial charge is 0.497 e. The van der Waals surface area contributed by atoms with Gasteiger partial charge in [-0.3, -0.25) is 13.9 Å². The molecule has 2 amide bonds. The minimum atomic E-state index is -3.99. The first-order valence-corrected chi connectivity index (χ1v) is 12.8. The molecule has 2 aromatic rings. The van der Waals surface area contributed by atoms with E-state index >= 15 is 0 Å². The van der Waals surface area contributed by atoms with Gasteiger partial charge < -0.3 is 15.0 Å². The third-order valence-electron chi connectivity index (χ3n) is 5.13. The van der Waals surface area contributed by atoms with Crippen molar-refractivity contribution in [2.75, 3.05) is 24.2 Å². The molecule has 10 heteroatoms. The molecule has 0 bridgehead atoms. The Hall–Kier alpha value is -3.14. The molecule has 0 spiro atoms. The zero-order valence-corrected chi connectivity index (χ0v) is 20.9. The lowest BCUT2D eigenvalue weighted by Crippen LogP contribution is -2.53. The number of sulfonamides is 1. The third kappa shape index (κ3) is 7.18. The third-order valence-corrected chi connectivity index (χ3v) is 6.26. The Morgan fingerprint density at radius 1 is 1.09 bits per heavy atom. The molecule has 2 rings (SSSR count). The predicted octanol–water partition coefficient (Wildman–Crippen LogP) is 2.93. The summed E-state index contributed by atoms with van der Waals surface area (Å²) in [5, 5.41) is 2.81. The highest BCUT2D eigenvalue weighted by Gasteiger charge is 2.32. The molecule has 0 saturated carbocycles. The zero-order valence-electron chi connectivity index (χ0n) is 20.1. The van der Waals surface area contributed by atoms with E-state index in [1.54, 1.807) is 31.2 Å². The second-order valence-electron chi connectivity index (χ2n) is 8.18. The number of amides is 2. The van der Waals surface area contributed by atoms with Gasteiger partial charge in [0.15, 0.2) is 0 Å². The molecule has 0 saturated heterocycles. The van der Waals surface area contributed by atoms with Crippen molar-refractivity contribution in [2.24, 2.45) is 0 Å². The topological polar surface area (TPSA) is 96.0 Å². The molecule has 0 aliphatic heterocycles. The van der Waals surface area contributed by atoms with Crippen LogP contribution in [0.3, 0.4) is 0 Å². The van der Waals surface area contributed by atoms with Crippen LogP contribution in [0.1, 0.15) is 32.8 Å². The van der Waals surface area contributed by atoms with E-state index in [1.165, 1.54) is 30.2 Å². The van der Waals surface area contributed by atoms with E-state index in [2.05, 4.69) is 5.32 Å². The van der Waals surface area contributed by atoms with Gasteiger partial charge in [-0.1, -0.05) is 31.2 Å². The molecule has 2 aromatic carbocycles. The quantitative estimate of drug-likeness (QED) is 0.519. The van der Waals surface area contributed by atoms with Crippen LogP contribution in [0.15, 0.2) is 48.5 Å². The summed E-state index contributed by atoms with van der Waals surface area (Å²) >= 11 is 0. The van der Waals surface area contributed by atoms with Crippen molar-refractivity contribution < 1.29 is 27.1 Å². The van der Waals surface area contributed by atoms with E-state index in [1.807, 2.05) is 13.8 Å². The van der Waals surface area contributed by atoms with Crippen molar-refractivity contribution in [1.82, 2.24) is 10.2 Å². The summed E-state index contributed by atoms with van der Waals surface area (Å²) < 4.78 is 45.3. The number of benzene rings is 2. The number of carbonyl (C=O) groups is 2. The summed E-state index contributed by atoms with van der Waals surface area (Å²) in [4.78, 5) is 27.7. The van der Waals surface area contributed by atoms with Crippen molar-refractivity contribution >= 4 is 27.5 Å². The normalized spacial score (nSPS) is 12.2. The molecule has 0 fully saturated rings. The van der Waals surface area contributed by atoms with E-state index in [9.17, 15) is 22.4 Å². The Labute approximate surface area is 200 Å². The molecule has 0 aliphatic carbocycles. The summed E-state index contributed by atoms with van der Waals surface area (Å²) in [6.45, 7) is 4.79. The molecule has 0 heterocycles. The van der Waals surface area contributed by atoms with Crippen LogP contribution in [0.5, 0.6) is 5.75 Å². The smallest absolute Gasteiger partial charge is 0.244 e. The number of ether oxygens (including phenoxy) is 1. The van der Waals surface area contributed by atoms with Crippen molar-refractivity contribution in [3.63, 3.8) is 0 Å². The Balaban J connectivity index is 2.44. The van der Waals surface area contributed by atoms with E-state index in [-0.39, 0.29) is 24.2 Å². The maximum Gasteiger partial charge on any atom is 0.244 e. The number of methoxy groups -OCH3 is 1. The van der Waals surface area contributed by atoms with Crippen LogP contribution in [-0.4, -0.2) is 57.1 Å². The highest BCUT2D eigenvalue weighted by molar-refractivity contribution is 7.92. The standard InChI is InChI=1S/C24H32FN3O5S/c1-6-21(24(30)26-17(2)3)27(15-18-11-13-19(33-4)14-12-18)23(29)16-28(34(5,31)32)22-10-8-7-9-20(22)25/h7-14,17,21H,6,15-16H2,1-5H3,(H,26,30). The van der Waals surface area contributed by atoms with Crippen LogP contribution in [-0.2, 0) is 26.2 Å². The van der Waals surface area contributed by atoms with E-state index in [0.29, 0.717) is 12.2 Å². The number of halogens is 1. The second kappa shape index (κ2) is 11.8. The molecule has 8 nitrogen and oxygen atoms in total. The van der Waals surface area contributed by atoms with Gasteiger partial charge in [-0.25, -0.2) is 12.8 Å². The van der Waals surface area contributed by atoms with Crippen LogP contribution < -0.4 is 14.4 Å². The fourth-order valence-corrected chi connectivity index (χ4v) is 4.33. The first-order valence-electron chi connectivity index (χ1n) is 10.9. The van der Waals surface area contributed by atoms with Crippen LogP contribution in [0, 0.1) is 5.82 Å². The maximum atomic E-state index is 14.4. The number of hydrogen-bond donors (Lipinski definition) is 1. The van der Waals surface area contributed by atoms with Gasteiger partial charge in [0, 0.05) is 12.6 Å². The molecule has 0 radical (unpaired) electrons. The van der Waals surface area contributed by atoms with Crippen LogP contribution in [0.25, 0.3) is 0 Å². The summed E-state index contributed by atoms with van der Waals surface area (Å²) in [5.41, 5.74) is 0.490. The Morgan fingerprint density at radius 2 is 1.71 bits per heavy atom. The highest BCUT2D eigenvalue weighted by atomic mass is 32.2. The Kier molecular flexibility index (Phi) is 9.43. The SMILES string of the molecule is CCC(C(=O)NC(C)C)N(Cc1ccc(OC)cc1)C(=O)CN(c1ccccc1F)S(C)(=O)=O. The Bertz CT molecular complexity index is 1090. The molecule has 1 atom stereocenters. The second-order valence-corrected chi connectivity index (χ2v) is 10.1. The van der Waals surface area contributed by atoms with Gasteiger partial charge >= 0.3 is 0 Å². The average Bonchev–Trinajstić information content (AvgIpc) is 2.77. The zero-order chi connectivity index (χ0) is 25.5. The fourth-order valence-electron chi connectivity index (χ4n) is 3.48. The molecular weight excluding hydrogens is 461 g/mol. The number of carbonyl (C=O) groups excluding carboxylic acids is 2. The molecule has 0 aliphatic rings. The summed E-state index contributed by atoms with van der Waals surface area (Å²) in [7, 11) is -2.46. The highest BCUT2D eigenvalue weighted by Crippen LogP contribution is 2.23. The summed E-state index contributed by atoms with van der Waals surface area (Å²) in [6.07, 6.45) is 1.21. The predicted molar refractivity (Wildman–Crippen MR) is 129 cm³/mol. The summed E-state index contributed by atoms with van der Waals surface area (Å²) in [6, 6.07) is 11.3. The van der Waals surface area contributed by atoms with Crippen molar-refractivity contribution in [2.45, 2.75) is 45.8 Å². The number of anilines is 1. The number of rotatable bonds is 11. The van der Waals surface area contributed by atoms with Gasteiger partial charge in [-0.05, 0) is 50.1 Å². The molecule has 1 unspecified atom stereocenters. The first kappa shape index (κ1) is 27.1. The van der Waals surface area contributed by atoms with E-state index in [4.69, 9.17) is 4.74 Å². The minimum absolute atomic E-state index is 0.0573. The number of nitrogens with zero attached hydrogens (tertiary/aromatic N) is 2. The fraction of sp³-hybridized carbons (Fsp3) is 0.417. The molecule has 186 valence electrons. The molecular formula is C24H32FN3O5S. The maximum absolute atomic E-state index is 14.4. The monoisotopic (exact) mass is 493 g/mol. The molecule has 0 aromatic heterocycles. The van der Waals surface area contributed by atoms with Crippen LogP contribution in [0.4, 0.5) is 10.1 Å². The number of nitrogens with one attached hydrogen (secondary N) is 1. The van der Waals surface area contributed by atoms with Crippen molar-refractivity contribution in [3.8, 4) is 5.75 Å². The van der Waals surface area contributed by atoms with Crippen molar-refractivity contribution in [1.29, 1.82) is 0 Å². The lowest BCUT2D eigenvalue weighted by atomic mass is 10.1. The van der Waals surface area contributed by atoms with Gasteiger partial charge in [-0.15, -0.1) is 0 Å². The van der Waals surface area contributed by atoms with Gasteiger partial charge in [-0.2, -0.15) is 0 Å². The molecule has 1 N–H and O–H groups in total. The van der Waals surface area contributed by atoms with E-state index < -0.39 is 34.3 Å². The first-order chi connectivity index (χ1) is 16.0. The van der Waals surface area contributed by atoms with E-state index in [0.717, 1.165) is 22.2 Å². The van der Waals surface area contributed by atoms with Gasteiger partial charge in [0.25, 0.3) is 0 Å².